The Morgan fingerprint density at radius 1 is 1.26 bits per heavy atom. The van der Waals surface area contributed by atoms with Crippen LogP contribution in [0.4, 0.5) is 0 Å². The summed E-state index contributed by atoms with van der Waals surface area (Å²) in [7, 11) is 0. The summed E-state index contributed by atoms with van der Waals surface area (Å²) in [4.78, 5) is 2.39. The third-order valence-electron chi connectivity index (χ3n) is 3.14. The summed E-state index contributed by atoms with van der Waals surface area (Å²) < 4.78 is 1.10. The van der Waals surface area contributed by atoms with Crippen molar-refractivity contribution in [1.29, 1.82) is 5.26 Å². The van der Waals surface area contributed by atoms with E-state index < -0.39 is 0 Å². The number of nitrogens with zero attached hydrogens (tertiary/aromatic N) is 2. The number of hydrogen-bond acceptors (Lipinski definition) is 3. The summed E-state index contributed by atoms with van der Waals surface area (Å²) in [5.41, 5.74) is 1.22. The summed E-state index contributed by atoms with van der Waals surface area (Å²) in [5, 5.41) is 12.4. The molecule has 0 radical (unpaired) electrons. The molecule has 1 aliphatic heterocycles. The van der Waals surface area contributed by atoms with E-state index in [1.165, 1.54) is 5.56 Å². The number of rotatable bonds is 3. The topological polar surface area (TPSA) is 39.1 Å². The summed E-state index contributed by atoms with van der Waals surface area (Å²) >= 11 is 3.58. The molecule has 1 aromatic rings. The first kappa shape index (κ1) is 18.7. The quantitative estimate of drug-likeness (QED) is 0.892. The molecule has 1 aromatic carbocycles. The van der Waals surface area contributed by atoms with E-state index in [1.54, 1.807) is 0 Å². The van der Waals surface area contributed by atoms with Crippen LogP contribution in [0.5, 0.6) is 0 Å². The van der Waals surface area contributed by atoms with Crippen molar-refractivity contribution in [3.63, 3.8) is 0 Å². The van der Waals surface area contributed by atoms with Crippen LogP contribution in [-0.2, 0) is 0 Å². The maximum absolute atomic E-state index is 9.01. The Balaban J connectivity index is 0.00000162. The number of benzene rings is 1. The normalized spacial score (nSPS) is 16.6. The number of piperazine rings is 1. The van der Waals surface area contributed by atoms with Gasteiger partial charge in [0.15, 0.2) is 0 Å². The van der Waals surface area contributed by atoms with Crippen LogP contribution in [0.15, 0.2) is 28.7 Å². The molecule has 0 unspecified atom stereocenters. The smallest absolute Gasteiger partial charge is 0.0641 e. The Bertz CT molecular complexity index is 417. The maximum Gasteiger partial charge on any atom is 0.0641 e. The first-order valence-corrected chi connectivity index (χ1v) is 6.68. The summed E-state index contributed by atoms with van der Waals surface area (Å²) in [6, 6.07) is 10.7. The van der Waals surface area contributed by atoms with Gasteiger partial charge in [0.05, 0.1) is 12.5 Å². The van der Waals surface area contributed by atoms with Crippen molar-refractivity contribution in [2.45, 2.75) is 12.5 Å². The second kappa shape index (κ2) is 9.57. The van der Waals surface area contributed by atoms with Gasteiger partial charge in [-0.15, -0.1) is 24.8 Å². The van der Waals surface area contributed by atoms with Gasteiger partial charge in [-0.05, 0) is 11.6 Å². The lowest BCUT2D eigenvalue weighted by molar-refractivity contribution is 0.175. The summed E-state index contributed by atoms with van der Waals surface area (Å²) in [5.74, 6) is 0. The van der Waals surface area contributed by atoms with Crippen molar-refractivity contribution in [3.8, 4) is 6.07 Å². The minimum Gasteiger partial charge on any atom is -0.314 e. The average Bonchev–Trinajstić information content (AvgIpc) is 2.38. The zero-order valence-electron chi connectivity index (χ0n) is 10.5. The molecule has 0 aliphatic carbocycles. The van der Waals surface area contributed by atoms with Gasteiger partial charge in [-0.1, -0.05) is 34.1 Å². The van der Waals surface area contributed by atoms with Gasteiger partial charge in [0.25, 0.3) is 0 Å². The van der Waals surface area contributed by atoms with E-state index in [0.29, 0.717) is 6.42 Å². The minimum atomic E-state index is 0. The van der Waals surface area contributed by atoms with Crippen molar-refractivity contribution >= 4 is 40.7 Å². The molecule has 1 fully saturated rings. The molecule has 0 bridgehead atoms. The first-order valence-electron chi connectivity index (χ1n) is 5.89. The highest BCUT2D eigenvalue weighted by molar-refractivity contribution is 9.10. The van der Waals surface area contributed by atoms with Crippen LogP contribution in [0, 0.1) is 11.3 Å². The maximum atomic E-state index is 9.01. The molecule has 0 spiro atoms. The van der Waals surface area contributed by atoms with Crippen molar-refractivity contribution in [1.82, 2.24) is 10.2 Å². The average molecular weight is 367 g/mol. The highest BCUT2D eigenvalue weighted by Gasteiger charge is 2.23. The van der Waals surface area contributed by atoms with Crippen LogP contribution in [0.1, 0.15) is 18.0 Å². The fourth-order valence-electron chi connectivity index (χ4n) is 2.26. The Kier molecular flexibility index (Phi) is 9.42. The van der Waals surface area contributed by atoms with Gasteiger partial charge in [0, 0.05) is 36.7 Å². The van der Waals surface area contributed by atoms with Gasteiger partial charge < -0.3 is 5.32 Å². The molecule has 1 atom stereocenters. The van der Waals surface area contributed by atoms with E-state index in [1.807, 2.05) is 18.2 Å². The number of hydrogen-bond donors (Lipinski definition) is 1. The van der Waals surface area contributed by atoms with E-state index in [9.17, 15) is 0 Å². The predicted molar refractivity (Wildman–Crippen MR) is 86.1 cm³/mol. The van der Waals surface area contributed by atoms with Gasteiger partial charge in [0.1, 0.15) is 0 Å². The van der Waals surface area contributed by atoms with E-state index in [0.717, 1.165) is 30.7 Å². The van der Waals surface area contributed by atoms with Crippen LogP contribution in [-0.4, -0.2) is 31.1 Å². The van der Waals surface area contributed by atoms with E-state index in [2.05, 4.69) is 38.3 Å². The van der Waals surface area contributed by atoms with Crippen molar-refractivity contribution in [2.75, 3.05) is 26.2 Å². The molecule has 6 heteroatoms. The van der Waals surface area contributed by atoms with Gasteiger partial charge in [0.2, 0.25) is 0 Å². The third-order valence-corrected chi connectivity index (χ3v) is 3.86. The third kappa shape index (κ3) is 4.94. The molecule has 0 amide bonds. The van der Waals surface area contributed by atoms with Crippen molar-refractivity contribution in [3.05, 3.63) is 34.3 Å². The highest BCUT2D eigenvalue weighted by atomic mass is 79.9. The molecule has 0 saturated carbocycles. The molecule has 2 rings (SSSR count). The molecule has 1 heterocycles. The second-order valence-corrected chi connectivity index (χ2v) is 5.04. The molecule has 19 heavy (non-hydrogen) atoms. The van der Waals surface area contributed by atoms with Gasteiger partial charge >= 0.3 is 0 Å². The Labute approximate surface area is 135 Å². The minimum absolute atomic E-state index is 0. The van der Waals surface area contributed by atoms with Crippen molar-refractivity contribution in [2.24, 2.45) is 0 Å². The van der Waals surface area contributed by atoms with Crippen LogP contribution >= 0.6 is 40.7 Å². The SMILES string of the molecule is Cl.Cl.N#CC[C@H](c1ccccc1Br)N1CCNCC1. The molecule has 1 aliphatic rings. The monoisotopic (exact) mass is 365 g/mol. The predicted octanol–water partition coefficient (Wildman–Crippen LogP) is 3.15. The first-order chi connectivity index (χ1) is 8.33. The van der Waals surface area contributed by atoms with Gasteiger partial charge in [-0.3, -0.25) is 4.90 Å². The molecule has 106 valence electrons. The number of nitriles is 1. The molecule has 0 aromatic heterocycles. The molecule has 1 saturated heterocycles. The molecular formula is C13H18BrCl2N3. The van der Waals surface area contributed by atoms with E-state index in [4.69, 9.17) is 5.26 Å². The standard InChI is InChI=1S/C13H16BrN3.2ClH/c14-12-4-2-1-3-11(12)13(5-6-15)17-9-7-16-8-10-17;;/h1-4,13,16H,5,7-10H2;2*1H/t13-;;/m1../s1. The lowest BCUT2D eigenvalue weighted by Crippen LogP contribution is -2.45. The summed E-state index contributed by atoms with van der Waals surface area (Å²) in [6.45, 7) is 4.03. The molecule has 3 nitrogen and oxygen atoms in total. The van der Waals surface area contributed by atoms with Crippen LogP contribution in [0.2, 0.25) is 0 Å². The van der Waals surface area contributed by atoms with E-state index >= 15 is 0 Å². The molecular weight excluding hydrogens is 349 g/mol. The lowest BCUT2D eigenvalue weighted by atomic mass is 10.0. The van der Waals surface area contributed by atoms with Gasteiger partial charge in [-0.25, -0.2) is 0 Å². The fraction of sp³-hybridized carbons (Fsp3) is 0.462. The molecule has 1 N–H and O–H groups in total. The van der Waals surface area contributed by atoms with Crippen LogP contribution in [0.25, 0.3) is 0 Å². The lowest BCUT2D eigenvalue weighted by Gasteiger charge is -2.34. The Morgan fingerprint density at radius 3 is 2.47 bits per heavy atom. The van der Waals surface area contributed by atoms with E-state index in [-0.39, 0.29) is 30.9 Å². The zero-order chi connectivity index (χ0) is 12.1. The van der Waals surface area contributed by atoms with Crippen molar-refractivity contribution < 1.29 is 0 Å². The largest absolute Gasteiger partial charge is 0.314 e. The zero-order valence-corrected chi connectivity index (χ0v) is 13.7. The van der Waals surface area contributed by atoms with Crippen LogP contribution < -0.4 is 5.32 Å². The number of halogens is 3. The highest BCUT2D eigenvalue weighted by Crippen LogP contribution is 2.30. The Morgan fingerprint density at radius 2 is 1.89 bits per heavy atom. The Hall–Kier alpha value is -0.310. The summed E-state index contributed by atoms with van der Waals surface area (Å²) in [6.07, 6.45) is 0.544. The van der Waals surface area contributed by atoms with Crippen LogP contribution in [0.3, 0.4) is 0 Å². The second-order valence-electron chi connectivity index (χ2n) is 4.19. The number of nitrogens with one attached hydrogen (secondary N) is 1. The van der Waals surface area contributed by atoms with Gasteiger partial charge in [-0.2, -0.15) is 5.26 Å². The fourth-order valence-corrected chi connectivity index (χ4v) is 2.81.